The van der Waals surface area contributed by atoms with Crippen LogP contribution >= 0.6 is 0 Å². The van der Waals surface area contributed by atoms with Crippen molar-refractivity contribution < 1.29 is 4.74 Å². The van der Waals surface area contributed by atoms with Crippen LogP contribution in [-0.4, -0.2) is 0 Å². The minimum Gasteiger partial charge on any atom is -0.457 e. The molecule has 2 aromatic rings. The molecule has 0 unspecified atom stereocenters. The molecule has 0 radical (unpaired) electrons. The highest BCUT2D eigenvalue weighted by Gasteiger charge is 2.22. The summed E-state index contributed by atoms with van der Waals surface area (Å²) >= 11 is 0. The summed E-state index contributed by atoms with van der Waals surface area (Å²) in [6, 6.07) is 14.8. The van der Waals surface area contributed by atoms with Gasteiger partial charge in [-0.15, -0.1) is 0 Å². The number of hydrogen-bond donors (Lipinski definition) is 0. The van der Waals surface area contributed by atoms with E-state index in [1.165, 1.54) is 16.7 Å². The van der Waals surface area contributed by atoms with Gasteiger partial charge in [0.1, 0.15) is 11.5 Å². The van der Waals surface area contributed by atoms with E-state index in [4.69, 9.17) is 4.74 Å². The lowest BCUT2D eigenvalue weighted by molar-refractivity contribution is 0.436. The van der Waals surface area contributed by atoms with Gasteiger partial charge in [0.15, 0.2) is 0 Å². The summed E-state index contributed by atoms with van der Waals surface area (Å²) in [6.07, 6.45) is 0. The zero-order valence-corrected chi connectivity index (χ0v) is 14.9. The molecule has 0 fully saturated rings. The van der Waals surface area contributed by atoms with Crippen LogP contribution in [0.25, 0.3) is 0 Å². The van der Waals surface area contributed by atoms with Crippen molar-refractivity contribution >= 4 is 0 Å². The maximum absolute atomic E-state index is 6.37. The van der Waals surface area contributed by atoms with Gasteiger partial charge >= 0.3 is 0 Å². The Kier molecular flexibility index (Phi) is 4.37. The summed E-state index contributed by atoms with van der Waals surface area (Å²) in [4.78, 5) is 0. The Morgan fingerprint density at radius 1 is 0.682 bits per heavy atom. The molecule has 1 heteroatoms. The van der Waals surface area contributed by atoms with Gasteiger partial charge in [0.25, 0.3) is 0 Å². The Morgan fingerprint density at radius 3 is 1.82 bits per heavy atom. The maximum atomic E-state index is 6.37. The van der Waals surface area contributed by atoms with E-state index in [1.807, 2.05) is 6.07 Å². The van der Waals surface area contributed by atoms with Crippen molar-refractivity contribution in [3.63, 3.8) is 0 Å². The first-order valence-corrected chi connectivity index (χ1v) is 7.97. The molecule has 0 bridgehead atoms. The van der Waals surface area contributed by atoms with Crippen LogP contribution in [0.4, 0.5) is 0 Å². The van der Waals surface area contributed by atoms with E-state index in [2.05, 4.69) is 84.9 Å². The fraction of sp³-hybridized carbons (Fsp3) is 0.429. The predicted octanol–water partition coefficient (Wildman–Crippen LogP) is 6.38. The molecule has 0 saturated heterocycles. The van der Waals surface area contributed by atoms with Crippen LogP contribution in [-0.2, 0) is 10.8 Å². The first kappa shape index (κ1) is 16.6. The summed E-state index contributed by atoms with van der Waals surface area (Å²) in [5, 5.41) is 0. The lowest BCUT2D eigenvalue weighted by Gasteiger charge is -2.26. The molecule has 0 aliphatic rings. The van der Waals surface area contributed by atoms with E-state index < -0.39 is 0 Å². The number of benzene rings is 2. The standard InChI is InChI=1S/C21H28O/c1-15-12-13-17(21(5,6)7)19(14-15)22-18-11-9-8-10-16(18)20(2,3)4/h8-14H,1-7H3. The molecule has 0 spiro atoms. The first-order chi connectivity index (χ1) is 10.1. The van der Waals surface area contributed by atoms with Gasteiger partial charge in [-0.25, -0.2) is 0 Å². The van der Waals surface area contributed by atoms with Gasteiger partial charge in [0.2, 0.25) is 0 Å². The Labute approximate surface area is 135 Å². The number of rotatable bonds is 2. The molecule has 0 N–H and O–H groups in total. The molecule has 0 aliphatic heterocycles. The fourth-order valence-corrected chi connectivity index (χ4v) is 2.63. The predicted molar refractivity (Wildman–Crippen MR) is 95.1 cm³/mol. The molecular weight excluding hydrogens is 268 g/mol. The molecule has 0 atom stereocenters. The lowest BCUT2D eigenvalue weighted by Crippen LogP contribution is -2.15. The third-order valence-electron chi connectivity index (χ3n) is 3.86. The van der Waals surface area contributed by atoms with Crippen LogP contribution in [0.5, 0.6) is 11.5 Å². The monoisotopic (exact) mass is 296 g/mol. The molecule has 2 rings (SSSR count). The molecule has 0 heterocycles. The van der Waals surface area contributed by atoms with E-state index >= 15 is 0 Å². The summed E-state index contributed by atoms with van der Waals surface area (Å²) < 4.78 is 6.37. The van der Waals surface area contributed by atoms with Crippen LogP contribution in [0.1, 0.15) is 58.2 Å². The molecule has 1 nitrogen and oxygen atoms in total. The van der Waals surface area contributed by atoms with E-state index in [0.717, 1.165) is 11.5 Å². The van der Waals surface area contributed by atoms with Gasteiger partial charge < -0.3 is 4.74 Å². The van der Waals surface area contributed by atoms with Crippen LogP contribution < -0.4 is 4.74 Å². The van der Waals surface area contributed by atoms with Gasteiger partial charge in [0, 0.05) is 11.1 Å². The second-order valence-electron chi connectivity index (χ2n) is 8.10. The molecule has 2 aromatic carbocycles. The Hall–Kier alpha value is -1.76. The average molecular weight is 296 g/mol. The minimum atomic E-state index is 0.0553. The van der Waals surface area contributed by atoms with Crippen molar-refractivity contribution in [2.24, 2.45) is 0 Å². The van der Waals surface area contributed by atoms with Crippen molar-refractivity contribution in [3.05, 3.63) is 59.2 Å². The summed E-state index contributed by atoms with van der Waals surface area (Å²) in [6.45, 7) is 15.4. The van der Waals surface area contributed by atoms with E-state index in [0.29, 0.717) is 0 Å². The normalized spacial score (nSPS) is 12.3. The van der Waals surface area contributed by atoms with Crippen LogP contribution in [0.2, 0.25) is 0 Å². The molecule has 118 valence electrons. The Morgan fingerprint density at radius 2 is 1.23 bits per heavy atom. The third-order valence-corrected chi connectivity index (χ3v) is 3.86. The van der Waals surface area contributed by atoms with E-state index in [9.17, 15) is 0 Å². The van der Waals surface area contributed by atoms with Crippen molar-refractivity contribution in [1.29, 1.82) is 0 Å². The fourth-order valence-electron chi connectivity index (χ4n) is 2.63. The first-order valence-electron chi connectivity index (χ1n) is 7.97. The SMILES string of the molecule is Cc1ccc(C(C)(C)C)c(Oc2ccccc2C(C)(C)C)c1. The number of hydrogen-bond acceptors (Lipinski definition) is 1. The zero-order chi connectivity index (χ0) is 16.5. The Balaban J connectivity index is 2.51. The quantitative estimate of drug-likeness (QED) is 0.624. The second-order valence-corrected chi connectivity index (χ2v) is 8.10. The van der Waals surface area contributed by atoms with E-state index in [-0.39, 0.29) is 10.8 Å². The number of ether oxygens (including phenoxy) is 1. The topological polar surface area (TPSA) is 9.23 Å². The molecule has 0 aromatic heterocycles. The highest BCUT2D eigenvalue weighted by atomic mass is 16.5. The smallest absolute Gasteiger partial charge is 0.131 e. The van der Waals surface area contributed by atoms with Gasteiger partial charge in [-0.2, -0.15) is 0 Å². The van der Waals surface area contributed by atoms with Gasteiger partial charge in [-0.05, 0) is 35.4 Å². The molecule has 22 heavy (non-hydrogen) atoms. The summed E-state index contributed by atoms with van der Waals surface area (Å²) in [5.74, 6) is 1.91. The van der Waals surface area contributed by atoms with Crippen molar-refractivity contribution in [3.8, 4) is 11.5 Å². The summed E-state index contributed by atoms with van der Waals surface area (Å²) in [7, 11) is 0. The van der Waals surface area contributed by atoms with Crippen molar-refractivity contribution in [2.75, 3.05) is 0 Å². The van der Waals surface area contributed by atoms with Crippen LogP contribution in [0.15, 0.2) is 42.5 Å². The van der Waals surface area contributed by atoms with Crippen LogP contribution in [0.3, 0.4) is 0 Å². The van der Waals surface area contributed by atoms with Crippen molar-refractivity contribution in [1.82, 2.24) is 0 Å². The van der Waals surface area contributed by atoms with Gasteiger partial charge in [-0.1, -0.05) is 71.9 Å². The highest BCUT2D eigenvalue weighted by Crippen LogP contribution is 2.38. The molecule has 0 amide bonds. The van der Waals surface area contributed by atoms with E-state index in [1.54, 1.807) is 0 Å². The molecule has 0 saturated carbocycles. The number of aryl methyl sites for hydroxylation is 1. The zero-order valence-electron chi connectivity index (χ0n) is 14.9. The Bertz CT molecular complexity index is 654. The largest absolute Gasteiger partial charge is 0.457 e. The maximum Gasteiger partial charge on any atom is 0.131 e. The lowest BCUT2D eigenvalue weighted by atomic mass is 9.85. The third kappa shape index (κ3) is 3.71. The average Bonchev–Trinajstić information content (AvgIpc) is 2.36. The highest BCUT2D eigenvalue weighted by molar-refractivity contribution is 5.47. The molecule has 0 aliphatic carbocycles. The van der Waals surface area contributed by atoms with Gasteiger partial charge in [-0.3, -0.25) is 0 Å². The van der Waals surface area contributed by atoms with Crippen LogP contribution in [0, 0.1) is 6.92 Å². The number of para-hydroxylation sites is 1. The second kappa shape index (κ2) is 5.79. The summed E-state index contributed by atoms with van der Waals surface area (Å²) in [5.41, 5.74) is 3.80. The van der Waals surface area contributed by atoms with Gasteiger partial charge in [0.05, 0.1) is 0 Å². The van der Waals surface area contributed by atoms with Crippen molar-refractivity contribution in [2.45, 2.75) is 59.3 Å². The molecular formula is C21H28O. The minimum absolute atomic E-state index is 0.0553.